The molecule has 0 radical (unpaired) electrons. The van der Waals surface area contributed by atoms with Crippen molar-refractivity contribution in [3.05, 3.63) is 65.6 Å². The van der Waals surface area contributed by atoms with E-state index < -0.39 is 0 Å². The van der Waals surface area contributed by atoms with Gasteiger partial charge >= 0.3 is 0 Å². The fraction of sp³-hybridized carbons (Fsp3) is 0. The summed E-state index contributed by atoms with van der Waals surface area (Å²) in [6.07, 6.45) is 1.65. The van der Waals surface area contributed by atoms with E-state index in [2.05, 4.69) is 20.2 Å². The van der Waals surface area contributed by atoms with E-state index in [1.165, 1.54) is 12.1 Å². The van der Waals surface area contributed by atoms with E-state index in [-0.39, 0.29) is 11.8 Å². The van der Waals surface area contributed by atoms with Gasteiger partial charge in [0.1, 0.15) is 17.2 Å². The Labute approximate surface area is 147 Å². The van der Waals surface area contributed by atoms with Gasteiger partial charge < -0.3 is 5.73 Å². The molecule has 0 aliphatic heterocycles. The molecule has 0 fully saturated rings. The van der Waals surface area contributed by atoms with Crippen LogP contribution in [0, 0.1) is 5.82 Å². The lowest BCUT2D eigenvalue weighted by molar-refractivity contribution is 0.628. The molecule has 2 heterocycles. The van der Waals surface area contributed by atoms with Crippen molar-refractivity contribution in [3.63, 3.8) is 0 Å². The number of pyridine rings is 1. The standard InChI is InChI=1S/C18H11ClFN5/c19-14-7-8-22-15-6-3-11(9-13(14)15)17-16(23-18(21)25-24-17)10-1-4-12(20)5-2-10/h1-9H,(H2,21,23,25). The summed E-state index contributed by atoms with van der Waals surface area (Å²) in [6.45, 7) is 0. The van der Waals surface area contributed by atoms with Crippen LogP contribution in [0.15, 0.2) is 54.7 Å². The fourth-order valence-electron chi connectivity index (χ4n) is 2.60. The molecule has 0 saturated carbocycles. The van der Waals surface area contributed by atoms with Gasteiger partial charge in [0, 0.05) is 22.7 Å². The van der Waals surface area contributed by atoms with Gasteiger partial charge in [0.05, 0.1) is 10.5 Å². The fourth-order valence-corrected chi connectivity index (χ4v) is 2.81. The number of anilines is 1. The molecule has 2 aromatic carbocycles. The van der Waals surface area contributed by atoms with Gasteiger partial charge in [0.15, 0.2) is 0 Å². The molecular weight excluding hydrogens is 341 g/mol. The molecule has 0 atom stereocenters. The van der Waals surface area contributed by atoms with Crippen molar-refractivity contribution >= 4 is 28.5 Å². The minimum Gasteiger partial charge on any atom is -0.366 e. The second-order valence-electron chi connectivity index (χ2n) is 5.40. The van der Waals surface area contributed by atoms with Gasteiger partial charge in [0.2, 0.25) is 5.95 Å². The average Bonchev–Trinajstić information content (AvgIpc) is 2.62. The van der Waals surface area contributed by atoms with Gasteiger partial charge in [-0.25, -0.2) is 9.37 Å². The average molecular weight is 352 g/mol. The molecule has 25 heavy (non-hydrogen) atoms. The van der Waals surface area contributed by atoms with Crippen molar-refractivity contribution < 1.29 is 4.39 Å². The number of halogens is 2. The Balaban J connectivity index is 1.94. The third-order valence-corrected chi connectivity index (χ3v) is 4.11. The minimum atomic E-state index is -0.330. The maximum Gasteiger partial charge on any atom is 0.240 e. The smallest absolute Gasteiger partial charge is 0.240 e. The zero-order valence-electron chi connectivity index (χ0n) is 12.8. The van der Waals surface area contributed by atoms with Gasteiger partial charge in [0.25, 0.3) is 0 Å². The normalized spacial score (nSPS) is 11.0. The molecule has 0 amide bonds. The van der Waals surface area contributed by atoms with Crippen molar-refractivity contribution in [2.24, 2.45) is 0 Å². The van der Waals surface area contributed by atoms with Crippen LogP contribution in [0.25, 0.3) is 33.4 Å². The van der Waals surface area contributed by atoms with Crippen LogP contribution in [0.2, 0.25) is 5.02 Å². The van der Waals surface area contributed by atoms with Crippen molar-refractivity contribution in [2.45, 2.75) is 0 Å². The first-order valence-electron chi connectivity index (χ1n) is 7.42. The molecule has 0 aliphatic carbocycles. The summed E-state index contributed by atoms with van der Waals surface area (Å²) in [4.78, 5) is 8.57. The van der Waals surface area contributed by atoms with Crippen LogP contribution >= 0.6 is 11.6 Å². The Bertz CT molecular complexity index is 1080. The van der Waals surface area contributed by atoms with Gasteiger partial charge in [-0.05, 0) is 42.5 Å². The van der Waals surface area contributed by atoms with Crippen LogP contribution in [-0.4, -0.2) is 20.2 Å². The number of fused-ring (bicyclic) bond motifs is 1. The van der Waals surface area contributed by atoms with Crippen LogP contribution < -0.4 is 5.73 Å². The highest BCUT2D eigenvalue weighted by atomic mass is 35.5. The molecule has 7 heteroatoms. The third-order valence-electron chi connectivity index (χ3n) is 3.78. The maximum absolute atomic E-state index is 13.2. The highest BCUT2D eigenvalue weighted by Gasteiger charge is 2.14. The largest absolute Gasteiger partial charge is 0.366 e. The van der Waals surface area contributed by atoms with Crippen LogP contribution in [0.1, 0.15) is 0 Å². The van der Waals surface area contributed by atoms with Crippen LogP contribution in [0.3, 0.4) is 0 Å². The molecule has 0 spiro atoms. The molecule has 0 bridgehead atoms. The first-order chi connectivity index (χ1) is 12.1. The van der Waals surface area contributed by atoms with Crippen LogP contribution in [-0.2, 0) is 0 Å². The van der Waals surface area contributed by atoms with Crippen LogP contribution in [0.5, 0.6) is 0 Å². The second kappa shape index (κ2) is 6.07. The topological polar surface area (TPSA) is 77.6 Å². The molecule has 5 nitrogen and oxygen atoms in total. The molecule has 2 aromatic heterocycles. The van der Waals surface area contributed by atoms with Gasteiger partial charge in [-0.3, -0.25) is 4.98 Å². The Morgan fingerprint density at radius 1 is 0.880 bits per heavy atom. The molecular formula is C18H11ClFN5. The van der Waals surface area contributed by atoms with E-state index >= 15 is 0 Å². The zero-order chi connectivity index (χ0) is 17.4. The molecule has 0 unspecified atom stereocenters. The first-order valence-corrected chi connectivity index (χ1v) is 7.80. The number of rotatable bonds is 2. The van der Waals surface area contributed by atoms with Crippen molar-refractivity contribution in [1.29, 1.82) is 0 Å². The minimum absolute atomic E-state index is 0.0450. The van der Waals surface area contributed by atoms with E-state index in [1.807, 2.05) is 18.2 Å². The van der Waals surface area contributed by atoms with Crippen molar-refractivity contribution in [2.75, 3.05) is 5.73 Å². The Morgan fingerprint density at radius 2 is 1.64 bits per heavy atom. The Hall–Kier alpha value is -3.12. The summed E-state index contributed by atoms with van der Waals surface area (Å²) in [7, 11) is 0. The van der Waals surface area contributed by atoms with Crippen LogP contribution in [0.4, 0.5) is 10.3 Å². The summed E-state index contributed by atoms with van der Waals surface area (Å²) in [5.41, 5.74) is 8.98. The molecule has 0 aliphatic rings. The number of nitrogens with two attached hydrogens (primary N) is 1. The number of hydrogen-bond acceptors (Lipinski definition) is 5. The van der Waals surface area contributed by atoms with E-state index in [4.69, 9.17) is 17.3 Å². The summed E-state index contributed by atoms with van der Waals surface area (Å²) in [6, 6.07) is 13.3. The SMILES string of the molecule is Nc1nnc(-c2ccc3nccc(Cl)c3c2)c(-c2ccc(F)cc2)n1. The molecule has 4 rings (SSSR count). The van der Waals surface area contributed by atoms with E-state index in [0.717, 1.165) is 16.5 Å². The first kappa shape index (κ1) is 15.4. The highest BCUT2D eigenvalue weighted by molar-refractivity contribution is 6.35. The van der Waals surface area contributed by atoms with Crippen molar-refractivity contribution in [1.82, 2.24) is 20.2 Å². The third kappa shape index (κ3) is 2.88. The Morgan fingerprint density at radius 3 is 2.44 bits per heavy atom. The number of aromatic nitrogens is 4. The molecule has 122 valence electrons. The predicted molar refractivity (Wildman–Crippen MR) is 95.4 cm³/mol. The number of hydrogen-bond donors (Lipinski definition) is 1. The Kier molecular flexibility index (Phi) is 3.74. The van der Waals surface area contributed by atoms with E-state index in [0.29, 0.717) is 22.0 Å². The lowest BCUT2D eigenvalue weighted by atomic mass is 10.0. The summed E-state index contributed by atoms with van der Waals surface area (Å²) < 4.78 is 13.2. The number of nitrogen functional groups attached to an aromatic ring is 1. The van der Waals surface area contributed by atoms with Crippen molar-refractivity contribution in [3.8, 4) is 22.5 Å². The maximum atomic E-state index is 13.2. The summed E-state index contributed by atoms with van der Waals surface area (Å²) >= 11 is 6.26. The monoisotopic (exact) mass is 351 g/mol. The van der Waals surface area contributed by atoms with Gasteiger partial charge in [-0.15, -0.1) is 10.2 Å². The second-order valence-corrected chi connectivity index (χ2v) is 5.81. The van der Waals surface area contributed by atoms with E-state index in [9.17, 15) is 4.39 Å². The number of nitrogens with zero attached hydrogens (tertiary/aromatic N) is 4. The predicted octanol–water partition coefficient (Wildman–Crippen LogP) is 4.13. The molecule has 0 saturated heterocycles. The van der Waals surface area contributed by atoms with Gasteiger partial charge in [-0.1, -0.05) is 17.7 Å². The summed E-state index contributed by atoms with van der Waals surface area (Å²) in [5, 5.41) is 9.43. The summed E-state index contributed by atoms with van der Waals surface area (Å²) in [5.74, 6) is -0.285. The molecule has 4 aromatic rings. The lowest BCUT2D eigenvalue weighted by Gasteiger charge is -2.09. The number of benzene rings is 2. The zero-order valence-corrected chi connectivity index (χ0v) is 13.6. The quantitative estimate of drug-likeness (QED) is 0.587. The van der Waals surface area contributed by atoms with Gasteiger partial charge in [-0.2, -0.15) is 0 Å². The highest BCUT2D eigenvalue weighted by Crippen LogP contribution is 2.32. The van der Waals surface area contributed by atoms with E-state index in [1.54, 1.807) is 24.4 Å². The lowest BCUT2D eigenvalue weighted by Crippen LogP contribution is -2.02. The molecule has 2 N–H and O–H groups in total.